The largest absolute Gasteiger partial charge is 0.417 e. The molecule has 2 aliphatic heterocycles. The lowest BCUT2D eigenvalue weighted by Crippen LogP contribution is -2.63. The molecule has 1 aromatic heterocycles. The van der Waals surface area contributed by atoms with E-state index in [1.807, 2.05) is 0 Å². The molecule has 0 amide bonds. The molecule has 4 fully saturated rings. The molecular formula is C28H43BF3N5O2. The van der Waals surface area contributed by atoms with Crippen LogP contribution in [0.1, 0.15) is 76.3 Å². The number of fused-ring (bicyclic) bond motifs is 2. The Hall–Kier alpha value is -2.24. The summed E-state index contributed by atoms with van der Waals surface area (Å²) in [7, 11) is 6.65. The fourth-order valence-corrected chi connectivity index (χ4v) is 6.88. The highest BCUT2D eigenvalue weighted by Crippen LogP contribution is 2.53. The monoisotopic (exact) mass is 549 g/mol. The molecule has 0 spiro atoms. The second kappa shape index (κ2) is 12.5. The van der Waals surface area contributed by atoms with Gasteiger partial charge in [0.2, 0.25) is 0 Å². The Morgan fingerprint density at radius 1 is 1.05 bits per heavy atom. The summed E-state index contributed by atoms with van der Waals surface area (Å²) in [6.45, 7) is 2.75. The molecule has 1 aromatic rings. The average molecular weight is 549 g/mol. The highest BCUT2D eigenvalue weighted by atomic mass is 19.4. The molecule has 4 aliphatic rings. The fraction of sp³-hybridized carbons (Fsp3) is 0.679. The topological polar surface area (TPSA) is 124 Å². The molecule has 0 bridgehead atoms. The summed E-state index contributed by atoms with van der Waals surface area (Å²) in [6.07, 6.45) is 10.8. The molecule has 3 heterocycles. The van der Waals surface area contributed by atoms with Gasteiger partial charge in [0.15, 0.2) is 0 Å². The third-order valence-corrected chi connectivity index (χ3v) is 8.91. The first-order chi connectivity index (χ1) is 18.0. The van der Waals surface area contributed by atoms with Crippen molar-refractivity contribution in [1.82, 2.24) is 9.88 Å². The number of rotatable bonds is 4. The van der Waals surface area contributed by atoms with E-state index in [0.717, 1.165) is 69.3 Å². The van der Waals surface area contributed by atoms with Crippen LogP contribution in [0.2, 0.25) is 0 Å². The van der Waals surface area contributed by atoms with Gasteiger partial charge in [0.1, 0.15) is 7.85 Å². The number of aliphatic hydroxyl groups is 1. The van der Waals surface area contributed by atoms with E-state index in [2.05, 4.69) is 9.88 Å². The van der Waals surface area contributed by atoms with Crippen molar-refractivity contribution in [2.75, 3.05) is 19.7 Å². The molecule has 0 aromatic carbocycles. The maximum absolute atomic E-state index is 12.6. The van der Waals surface area contributed by atoms with E-state index in [9.17, 15) is 18.3 Å². The lowest BCUT2D eigenvalue weighted by atomic mass is 9.60. The summed E-state index contributed by atoms with van der Waals surface area (Å²) in [5.74, 6) is 1.48. The lowest BCUT2D eigenvalue weighted by molar-refractivity contribution is -0.152. The van der Waals surface area contributed by atoms with Gasteiger partial charge in [-0.2, -0.15) is 13.2 Å². The summed E-state index contributed by atoms with van der Waals surface area (Å²) >= 11 is 0. The predicted molar refractivity (Wildman–Crippen MR) is 148 cm³/mol. The van der Waals surface area contributed by atoms with Crippen molar-refractivity contribution in [3.8, 4) is 0 Å². The minimum absolute atomic E-state index is 0. The molecule has 2 radical (unpaired) electrons. The summed E-state index contributed by atoms with van der Waals surface area (Å²) in [5, 5.41) is 11.4. The first-order valence-electron chi connectivity index (χ1n) is 13.5. The summed E-state index contributed by atoms with van der Waals surface area (Å²) in [5.41, 5.74) is 13.2. The van der Waals surface area contributed by atoms with E-state index >= 15 is 0 Å². The second-order valence-electron chi connectivity index (χ2n) is 11.2. The first-order valence-corrected chi connectivity index (χ1v) is 13.5. The molecule has 5 rings (SSSR count). The Labute approximate surface area is 231 Å². The van der Waals surface area contributed by atoms with Gasteiger partial charge < -0.3 is 27.0 Å². The Kier molecular flexibility index (Phi) is 10.0. The quantitative estimate of drug-likeness (QED) is 0.330. The lowest BCUT2D eigenvalue weighted by Gasteiger charge is -2.51. The molecule has 7 N–H and O–H groups in total. The molecule has 7 nitrogen and oxygen atoms in total. The fourth-order valence-electron chi connectivity index (χ4n) is 6.88. The van der Waals surface area contributed by atoms with Crippen molar-refractivity contribution in [2.24, 2.45) is 34.5 Å². The van der Waals surface area contributed by atoms with Gasteiger partial charge in [-0.3, -0.25) is 9.88 Å². The van der Waals surface area contributed by atoms with Crippen molar-refractivity contribution >= 4 is 13.5 Å². The van der Waals surface area contributed by atoms with Gasteiger partial charge in [-0.25, -0.2) is 0 Å². The molecule has 2 saturated heterocycles. The Morgan fingerprint density at radius 2 is 1.74 bits per heavy atom. The van der Waals surface area contributed by atoms with Crippen molar-refractivity contribution in [1.29, 1.82) is 0 Å². The molecule has 2 saturated carbocycles. The third kappa shape index (κ3) is 6.57. The molecule has 5 atom stereocenters. The number of hydrogen-bond donors (Lipinski definition) is 4. The Bertz CT molecular complexity index is 1020. The summed E-state index contributed by atoms with van der Waals surface area (Å²) in [4.78, 5) is 5.82. The standard InChI is InChI=1S/C17H28BNO2.C10H11F3N4.CH4/c18-17(20,19-11-13-5-4-6-14(13)12-19)16-8-3-1-2-7-15(16)21-10-9-16;11-10(12,13)7-3-4-17-5-6(7)8(14)1-2-9(15)16;/h13-15,20H,1-12H2;1-5H,14-16H2;1H4/b;8-1-;. The molecule has 11 heteroatoms. The van der Waals surface area contributed by atoms with Crippen molar-refractivity contribution in [3.63, 3.8) is 0 Å². The maximum Gasteiger partial charge on any atom is 0.417 e. The van der Waals surface area contributed by atoms with Crippen LogP contribution in [-0.4, -0.2) is 54.3 Å². The first kappa shape index (κ1) is 31.3. The molecule has 2 aliphatic carbocycles. The average Bonchev–Trinajstić information content (AvgIpc) is 3.56. The highest BCUT2D eigenvalue weighted by molar-refractivity contribution is 6.14. The van der Waals surface area contributed by atoms with E-state index in [0.29, 0.717) is 0 Å². The maximum atomic E-state index is 12.6. The van der Waals surface area contributed by atoms with Gasteiger partial charge in [0, 0.05) is 48.8 Å². The number of nitrogens with two attached hydrogens (primary N) is 3. The number of pyridine rings is 1. The van der Waals surface area contributed by atoms with E-state index in [1.54, 1.807) is 0 Å². The van der Waals surface area contributed by atoms with E-state index in [1.165, 1.54) is 50.7 Å². The number of hydrogen-bond acceptors (Lipinski definition) is 7. The normalized spacial score (nSPS) is 30.6. The number of nitrogens with zero attached hydrogens (tertiary/aromatic N) is 2. The van der Waals surface area contributed by atoms with Crippen molar-refractivity contribution in [3.05, 3.63) is 47.6 Å². The van der Waals surface area contributed by atoms with Gasteiger partial charge in [0.25, 0.3) is 0 Å². The Morgan fingerprint density at radius 3 is 2.38 bits per heavy atom. The van der Waals surface area contributed by atoms with Gasteiger partial charge in [-0.15, -0.1) is 0 Å². The van der Waals surface area contributed by atoms with Gasteiger partial charge in [-0.1, -0.05) is 33.1 Å². The zero-order chi connectivity index (χ0) is 27.6. The molecule has 39 heavy (non-hydrogen) atoms. The zero-order valence-electron chi connectivity index (χ0n) is 21.8. The molecular weight excluding hydrogens is 506 g/mol. The van der Waals surface area contributed by atoms with Crippen LogP contribution >= 0.6 is 0 Å². The Balaban J connectivity index is 0.000000216. The van der Waals surface area contributed by atoms with Gasteiger partial charge in [0.05, 0.1) is 23.1 Å². The van der Waals surface area contributed by atoms with E-state index < -0.39 is 17.4 Å². The van der Waals surface area contributed by atoms with Crippen LogP contribution < -0.4 is 17.2 Å². The van der Waals surface area contributed by atoms with Crippen LogP contribution in [-0.2, 0) is 10.9 Å². The zero-order valence-corrected chi connectivity index (χ0v) is 21.8. The third-order valence-electron chi connectivity index (χ3n) is 8.91. The van der Waals surface area contributed by atoms with Crippen molar-refractivity contribution in [2.45, 2.75) is 83.1 Å². The van der Waals surface area contributed by atoms with E-state index in [-0.39, 0.29) is 36.0 Å². The van der Waals surface area contributed by atoms with Crippen molar-refractivity contribution < 1.29 is 23.0 Å². The molecule has 216 valence electrons. The number of aromatic nitrogens is 1. The number of alkyl halides is 3. The SMILES string of the molecule is C.NC(N)=C/C=C(\N)c1cnccc1C(F)(F)F.[B]C(O)(N1CC2CCCC2C1)C12CCCCCC1OCC2. The number of halogens is 3. The minimum atomic E-state index is -4.49. The van der Waals surface area contributed by atoms with Gasteiger partial charge in [-0.05, 0) is 62.2 Å². The van der Waals surface area contributed by atoms with E-state index in [4.69, 9.17) is 29.8 Å². The highest BCUT2D eigenvalue weighted by Gasteiger charge is 2.59. The predicted octanol–water partition coefficient (Wildman–Crippen LogP) is 4.07. The van der Waals surface area contributed by atoms with Crippen LogP contribution in [0.5, 0.6) is 0 Å². The van der Waals surface area contributed by atoms with Crippen LogP contribution in [0.25, 0.3) is 5.70 Å². The minimum Gasteiger partial charge on any atom is -0.398 e. The molecule has 5 unspecified atom stereocenters. The smallest absolute Gasteiger partial charge is 0.398 e. The number of likely N-dealkylation sites (tertiary alicyclic amines) is 1. The summed E-state index contributed by atoms with van der Waals surface area (Å²) < 4.78 is 43.9. The second-order valence-corrected chi connectivity index (χ2v) is 11.2. The van der Waals surface area contributed by atoms with Gasteiger partial charge >= 0.3 is 6.18 Å². The number of allylic oxidation sites excluding steroid dienone is 2. The summed E-state index contributed by atoms with van der Waals surface area (Å²) in [6, 6.07) is 0.853. The number of ether oxygens (including phenoxy) is 1. The van der Waals surface area contributed by atoms with Crippen LogP contribution in [0.3, 0.4) is 0 Å². The van der Waals surface area contributed by atoms with Crippen LogP contribution in [0, 0.1) is 17.3 Å². The van der Waals surface area contributed by atoms with Crippen LogP contribution in [0.15, 0.2) is 36.4 Å². The van der Waals surface area contributed by atoms with Crippen LogP contribution in [0.4, 0.5) is 13.2 Å².